The zero-order valence-electron chi connectivity index (χ0n) is 11.2. The van der Waals surface area contributed by atoms with Crippen molar-refractivity contribution in [3.05, 3.63) is 35.9 Å². The molecule has 0 bridgehead atoms. The van der Waals surface area contributed by atoms with Crippen LogP contribution in [0.3, 0.4) is 0 Å². The highest BCUT2D eigenvalue weighted by molar-refractivity contribution is 5.96. The maximum Gasteiger partial charge on any atom is 0.251 e. The Balaban J connectivity index is 1.42. The summed E-state index contributed by atoms with van der Waals surface area (Å²) in [5.41, 5.74) is 0.563. The maximum absolute atomic E-state index is 11.8. The summed E-state index contributed by atoms with van der Waals surface area (Å²) in [6, 6.07) is 9.09. The average molecular weight is 274 g/mol. The van der Waals surface area contributed by atoms with Crippen LogP contribution >= 0.6 is 0 Å². The summed E-state index contributed by atoms with van der Waals surface area (Å²) in [4.78, 5) is 23.6. The number of fused-ring (bicyclic) bond motifs is 1. The Morgan fingerprint density at radius 3 is 2.80 bits per heavy atom. The van der Waals surface area contributed by atoms with Gasteiger partial charge < -0.3 is 15.4 Å². The van der Waals surface area contributed by atoms with E-state index < -0.39 is 0 Å². The van der Waals surface area contributed by atoms with Crippen LogP contribution in [0.1, 0.15) is 23.2 Å². The lowest BCUT2D eigenvalue weighted by atomic mass is 9.76. The van der Waals surface area contributed by atoms with E-state index in [1.165, 1.54) is 0 Å². The van der Waals surface area contributed by atoms with Crippen molar-refractivity contribution < 1.29 is 14.3 Å². The van der Waals surface area contributed by atoms with Gasteiger partial charge >= 0.3 is 0 Å². The van der Waals surface area contributed by atoms with Gasteiger partial charge in [0, 0.05) is 24.1 Å². The average Bonchev–Trinajstić information content (AvgIpc) is 2.84. The van der Waals surface area contributed by atoms with Crippen LogP contribution in [-0.4, -0.2) is 37.1 Å². The number of rotatable bonds is 4. The van der Waals surface area contributed by atoms with Crippen LogP contribution in [0.25, 0.3) is 0 Å². The molecule has 1 aromatic carbocycles. The first-order chi connectivity index (χ1) is 9.74. The van der Waals surface area contributed by atoms with Crippen molar-refractivity contribution in [1.82, 2.24) is 10.6 Å². The first kappa shape index (κ1) is 13.1. The third kappa shape index (κ3) is 2.67. The van der Waals surface area contributed by atoms with Gasteiger partial charge in [-0.3, -0.25) is 9.59 Å². The van der Waals surface area contributed by atoms with E-state index in [4.69, 9.17) is 4.74 Å². The van der Waals surface area contributed by atoms with Crippen LogP contribution in [0, 0.1) is 5.92 Å². The minimum atomic E-state index is -0.226. The van der Waals surface area contributed by atoms with Gasteiger partial charge in [-0.25, -0.2) is 0 Å². The van der Waals surface area contributed by atoms with Crippen LogP contribution < -0.4 is 10.6 Å². The number of benzene rings is 1. The zero-order chi connectivity index (χ0) is 13.9. The van der Waals surface area contributed by atoms with E-state index in [0.29, 0.717) is 17.6 Å². The minimum absolute atomic E-state index is 0.0163. The molecule has 2 aliphatic rings. The van der Waals surface area contributed by atoms with E-state index in [9.17, 15) is 9.59 Å². The first-order valence-electron chi connectivity index (χ1n) is 6.98. The molecule has 5 heteroatoms. The molecule has 20 heavy (non-hydrogen) atoms. The highest BCUT2D eigenvalue weighted by Crippen LogP contribution is 2.38. The topological polar surface area (TPSA) is 67.4 Å². The van der Waals surface area contributed by atoms with Crippen LogP contribution in [0.4, 0.5) is 0 Å². The second-order valence-electron chi connectivity index (χ2n) is 5.32. The highest BCUT2D eigenvalue weighted by atomic mass is 16.5. The standard InChI is InChI=1S/C15H18N2O3/c18-14(17-12-8-13-11(12)6-7-20-13)9-16-15(19)10-4-2-1-3-5-10/h1-5,11-13H,6-9H2,(H,16,19)(H,17,18)/t11-,12+,13+/m1/s1. The summed E-state index contributed by atoms with van der Waals surface area (Å²) in [5, 5.41) is 5.59. The molecule has 1 saturated carbocycles. The lowest BCUT2D eigenvalue weighted by Gasteiger charge is -2.39. The maximum atomic E-state index is 11.8. The van der Waals surface area contributed by atoms with Gasteiger partial charge in [-0.05, 0) is 25.0 Å². The van der Waals surface area contributed by atoms with E-state index in [0.717, 1.165) is 19.4 Å². The largest absolute Gasteiger partial charge is 0.378 e. The predicted octanol–water partition coefficient (Wildman–Crippen LogP) is 0.710. The van der Waals surface area contributed by atoms with Gasteiger partial charge in [0.1, 0.15) is 0 Å². The fourth-order valence-electron chi connectivity index (χ4n) is 2.87. The van der Waals surface area contributed by atoms with Gasteiger partial charge in [0.15, 0.2) is 0 Å². The summed E-state index contributed by atoms with van der Waals surface area (Å²) in [5.74, 6) is 0.102. The molecule has 0 radical (unpaired) electrons. The molecule has 106 valence electrons. The van der Waals surface area contributed by atoms with Crippen molar-refractivity contribution in [2.45, 2.75) is 25.0 Å². The lowest BCUT2D eigenvalue weighted by Crippen LogP contribution is -2.55. The van der Waals surface area contributed by atoms with Crippen LogP contribution in [-0.2, 0) is 9.53 Å². The Hall–Kier alpha value is -1.88. The summed E-state index contributed by atoms with van der Waals surface area (Å²) in [6.07, 6.45) is 2.24. The number of hydrogen-bond acceptors (Lipinski definition) is 3. The van der Waals surface area contributed by atoms with Crippen LogP contribution in [0.15, 0.2) is 30.3 Å². The number of hydrogen-bond donors (Lipinski definition) is 2. The first-order valence-corrected chi connectivity index (χ1v) is 6.98. The highest BCUT2D eigenvalue weighted by Gasteiger charge is 2.45. The number of nitrogens with one attached hydrogen (secondary N) is 2. The molecular weight excluding hydrogens is 256 g/mol. The summed E-state index contributed by atoms with van der Waals surface area (Å²) < 4.78 is 5.50. The molecule has 2 fully saturated rings. The SMILES string of the molecule is O=C(CNC(=O)c1ccccc1)N[C@H]1C[C@@H]2OCC[C@H]12. The molecule has 2 amide bonds. The molecule has 5 nitrogen and oxygen atoms in total. The molecule has 1 aromatic rings. The molecule has 1 aliphatic heterocycles. The molecule has 1 saturated heterocycles. The third-order valence-electron chi connectivity index (χ3n) is 4.06. The summed E-state index contributed by atoms with van der Waals surface area (Å²) in [7, 11) is 0. The van der Waals surface area contributed by atoms with Gasteiger partial charge in [-0.2, -0.15) is 0 Å². The minimum Gasteiger partial charge on any atom is -0.378 e. The van der Waals surface area contributed by atoms with Crippen molar-refractivity contribution in [2.24, 2.45) is 5.92 Å². The molecule has 3 atom stereocenters. The summed E-state index contributed by atoms with van der Waals surface area (Å²) >= 11 is 0. The van der Waals surface area contributed by atoms with E-state index in [-0.39, 0.29) is 24.4 Å². The van der Waals surface area contributed by atoms with Gasteiger partial charge in [0.25, 0.3) is 5.91 Å². The molecule has 0 aromatic heterocycles. The zero-order valence-corrected chi connectivity index (χ0v) is 11.2. The lowest BCUT2D eigenvalue weighted by molar-refractivity contribution is -0.123. The van der Waals surface area contributed by atoms with Crippen molar-refractivity contribution in [2.75, 3.05) is 13.2 Å². The van der Waals surface area contributed by atoms with E-state index in [2.05, 4.69) is 10.6 Å². The van der Waals surface area contributed by atoms with Crippen molar-refractivity contribution in [1.29, 1.82) is 0 Å². The number of ether oxygens (including phenoxy) is 1. The van der Waals surface area contributed by atoms with Gasteiger partial charge in [-0.1, -0.05) is 18.2 Å². The molecule has 0 spiro atoms. The third-order valence-corrected chi connectivity index (χ3v) is 4.06. The van der Waals surface area contributed by atoms with Gasteiger partial charge in [0.2, 0.25) is 5.91 Å². The molecule has 1 heterocycles. The van der Waals surface area contributed by atoms with Crippen LogP contribution in [0.5, 0.6) is 0 Å². The number of carbonyl (C=O) groups excluding carboxylic acids is 2. The smallest absolute Gasteiger partial charge is 0.251 e. The monoisotopic (exact) mass is 274 g/mol. The predicted molar refractivity (Wildman–Crippen MR) is 73.2 cm³/mol. The molecule has 2 N–H and O–H groups in total. The second kappa shape index (κ2) is 5.63. The Morgan fingerprint density at radius 2 is 2.05 bits per heavy atom. The van der Waals surface area contributed by atoms with Crippen LogP contribution in [0.2, 0.25) is 0 Å². The normalized spacial score (nSPS) is 27.3. The van der Waals surface area contributed by atoms with Crippen molar-refractivity contribution in [3.8, 4) is 0 Å². The molecule has 3 rings (SSSR count). The van der Waals surface area contributed by atoms with E-state index >= 15 is 0 Å². The second-order valence-corrected chi connectivity index (χ2v) is 5.32. The molecular formula is C15H18N2O3. The fourth-order valence-corrected chi connectivity index (χ4v) is 2.87. The summed E-state index contributed by atoms with van der Waals surface area (Å²) in [6.45, 7) is 0.814. The fraction of sp³-hybridized carbons (Fsp3) is 0.467. The molecule has 1 aliphatic carbocycles. The Kier molecular flexibility index (Phi) is 3.69. The Labute approximate surface area is 117 Å². The van der Waals surface area contributed by atoms with Crippen molar-refractivity contribution >= 4 is 11.8 Å². The van der Waals surface area contributed by atoms with E-state index in [1.54, 1.807) is 24.3 Å². The quantitative estimate of drug-likeness (QED) is 0.849. The molecule has 0 unspecified atom stereocenters. The number of carbonyl (C=O) groups is 2. The Morgan fingerprint density at radius 1 is 1.25 bits per heavy atom. The van der Waals surface area contributed by atoms with Gasteiger partial charge in [-0.15, -0.1) is 0 Å². The van der Waals surface area contributed by atoms with Crippen molar-refractivity contribution in [3.63, 3.8) is 0 Å². The van der Waals surface area contributed by atoms with Gasteiger partial charge in [0.05, 0.1) is 12.6 Å². The Bertz CT molecular complexity index is 503. The number of amides is 2. The van der Waals surface area contributed by atoms with E-state index in [1.807, 2.05) is 6.07 Å².